The molecule has 2 N–H and O–H groups in total. The molecular formula is C23H32N2O5. The predicted octanol–water partition coefficient (Wildman–Crippen LogP) is 2.38. The second-order valence-electron chi connectivity index (χ2n) is 8.31. The van der Waals surface area contributed by atoms with Gasteiger partial charge in [-0.1, -0.05) is 36.8 Å². The maximum atomic E-state index is 13.2. The summed E-state index contributed by atoms with van der Waals surface area (Å²) in [6.07, 6.45) is 4.54. The highest BCUT2D eigenvalue weighted by Gasteiger charge is 2.49. The van der Waals surface area contributed by atoms with Crippen molar-refractivity contribution in [3.63, 3.8) is 0 Å². The summed E-state index contributed by atoms with van der Waals surface area (Å²) >= 11 is 0. The average Bonchev–Trinajstić information content (AvgIpc) is 3.32. The number of carbonyl (C=O) groups is 3. The first-order chi connectivity index (χ1) is 14.4. The van der Waals surface area contributed by atoms with E-state index in [2.05, 4.69) is 5.32 Å². The third-order valence-electron chi connectivity index (χ3n) is 6.33. The van der Waals surface area contributed by atoms with Crippen LogP contribution in [0.25, 0.3) is 0 Å². The van der Waals surface area contributed by atoms with Gasteiger partial charge in [0.1, 0.15) is 12.1 Å². The highest BCUT2D eigenvalue weighted by molar-refractivity contribution is 5.88. The molecule has 5 atom stereocenters. The number of benzene rings is 1. The van der Waals surface area contributed by atoms with Gasteiger partial charge in [0.15, 0.2) is 0 Å². The lowest BCUT2D eigenvalue weighted by molar-refractivity contribution is -0.151. The molecule has 0 bridgehead atoms. The van der Waals surface area contributed by atoms with Crippen molar-refractivity contribution >= 4 is 17.8 Å². The first-order valence-corrected chi connectivity index (χ1v) is 10.9. The molecule has 1 heterocycles. The molecule has 1 amide bonds. The number of ether oxygens (including phenoxy) is 1. The molecule has 1 saturated heterocycles. The molecule has 1 aromatic rings. The molecular weight excluding hydrogens is 384 g/mol. The highest BCUT2D eigenvalue weighted by Crippen LogP contribution is 2.41. The average molecular weight is 417 g/mol. The number of nitrogens with one attached hydrogen (secondary N) is 1. The van der Waals surface area contributed by atoms with Crippen LogP contribution in [0.4, 0.5) is 0 Å². The summed E-state index contributed by atoms with van der Waals surface area (Å²) in [6, 6.07) is 7.76. The van der Waals surface area contributed by atoms with Gasteiger partial charge in [0.25, 0.3) is 0 Å². The van der Waals surface area contributed by atoms with Gasteiger partial charge >= 0.3 is 11.9 Å². The minimum Gasteiger partial charge on any atom is -0.480 e. The summed E-state index contributed by atoms with van der Waals surface area (Å²) < 4.78 is 5.21. The van der Waals surface area contributed by atoms with E-state index >= 15 is 0 Å². The molecule has 0 radical (unpaired) electrons. The van der Waals surface area contributed by atoms with Crippen LogP contribution in [-0.4, -0.2) is 58.6 Å². The number of aliphatic carboxylic acids is 1. The lowest BCUT2D eigenvalue weighted by Gasteiger charge is -2.31. The number of hydrogen-bond acceptors (Lipinski definition) is 5. The van der Waals surface area contributed by atoms with Crippen LogP contribution in [0.15, 0.2) is 30.3 Å². The van der Waals surface area contributed by atoms with Crippen molar-refractivity contribution < 1.29 is 24.2 Å². The normalized spacial score (nSPS) is 24.9. The molecule has 2 aliphatic rings. The van der Waals surface area contributed by atoms with Gasteiger partial charge in [-0.05, 0) is 57.4 Å². The van der Waals surface area contributed by atoms with E-state index in [-0.39, 0.29) is 30.4 Å². The molecule has 0 spiro atoms. The largest absolute Gasteiger partial charge is 0.480 e. The number of aryl methyl sites for hydroxylation is 1. The van der Waals surface area contributed by atoms with E-state index in [0.29, 0.717) is 19.3 Å². The molecule has 164 valence electrons. The summed E-state index contributed by atoms with van der Waals surface area (Å²) in [6.45, 7) is 3.72. The number of hydrogen-bond donors (Lipinski definition) is 2. The Hall–Kier alpha value is -2.41. The zero-order chi connectivity index (χ0) is 21.7. The summed E-state index contributed by atoms with van der Waals surface area (Å²) in [4.78, 5) is 39.1. The number of fused-ring (bicyclic) bond motifs is 1. The van der Waals surface area contributed by atoms with Gasteiger partial charge in [0.2, 0.25) is 5.91 Å². The summed E-state index contributed by atoms with van der Waals surface area (Å²) in [5.41, 5.74) is 1.10. The third kappa shape index (κ3) is 5.01. The van der Waals surface area contributed by atoms with E-state index < -0.39 is 24.1 Å². The Kier molecular flexibility index (Phi) is 7.48. The molecule has 1 saturated carbocycles. The molecule has 1 aliphatic heterocycles. The SMILES string of the molecule is CCOC(=O)[C@@H](CCc1ccccc1)N[C@@H](C)C(=O)N1[C@@H](C(=O)O)C[C@H]2CCC[C@H]21. The quantitative estimate of drug-likeness (QED) is 0.600. The Bertz CT molecular complexity index is 753. The van der Waals surface area contributed by atoms with Gasteiger partial charge in [-0.15, -0.1) is 0 Å². The summed E-state index contributed by atoms with van der Waals surface area (Å²) in [7, 11) is 0. The number of amides is 1. The molecule has 3 rings (SSSR count). The van der Waals surface area contributed by atoms with E-state index in [0.717, 1.165) is 24.8 Å². The van der Waals surface area contributed by atoms with Crippen molar-refractivity contribution in [3.8, 4) is 0 Å². The Labute approximate surface area is 177 Å². The van der Waals surface area contributed by atoms with Crippen LogP contribution in [0.2, 0.25) is 0 Å². The van der Waals surface area contributed by atoms with Crippen molar-refractivity contribution in [2.24, 2.45) is 5.92 Å². The van der Waals surface area contributed by atoms with Crippen molar-refractivity contribution in [1.29, 1.82) is 0 Å². The van der Waals surface area contributed by atoms with E-state index in [1.807, 2.05) is 30.3 Å². The second-order valence-corrected chi connectivity index (χ2v) is 8.31. The first-order valence-electron chi connectivity index (χ1n) is 10.9. The Morgan fingerprint density at radius 3 is 2.63 bits per heavy atom. The van der Waals surface area contributed by atoms with Gasteiger partial charge in [0.05, 0.1) is 12.6 Å². The van der Waals surface area contributed by atoms with E-state index in [1.165, 1.54) is 0 Å². The Balaban J connectivity index is 1.68. The number of likely N-dealkylation sites (tertiary alicyclic amines) is 1. The van der Waals surface area contributed by atoms with E-state index in [4.69, 9.17) is 4.74 Å². The van der Waals surface area contributed by atoms with Crippen LogP contribution in [0.1, 0.15) is 51.5 Å². The molecule has 7 heteroatoms. The topological polar surface area (TPSA) is 95.9 Å². The molecule has 7 nitrogen and oxygen atoms in total. The van der Waals surface area contributed by atoms with Gasteiger partial charge in [-0.2, -0.15) is 0 Å². The smallest absolute Gasteiger partial charge is 0.326 e. The van der Waals surface area contributed by atoms with Crippen molar-refractivity contribution in [2.45, 2.75) is 76.5 Å². The number of nitrogens with zero attached hydrogens (tertiary/aromatic N) is 1. The third-order valence-corrected chi connectivity index (χ3v) is 6.33. The fourth-order valence-electron chi connectivity index (χ4n) is 4.89. The first kappa shape index (κ1) is 22.3. The van der Waals surface area contributed by atoms with Crippen LogP contribution >= 0.6 is 0 Å². The standard InChI is InChI=1S/C23H32N2O5/c1-3-30-23(29)18(13-12-16-8-5-4-6-9-16)24-15(2)21(26)25-19-11-7-10-17(19)14-20(25)22(27)28/h4-6,8-9,15,17-20,24H,3,7,10-14H2,1-2H3,(H,27,28)/t15-,17+,18+,19+,20+/m0/s1. The molecule has 30 heavy (non-hydrogen) atoms. The van der Waals surface area contributed by atoms with E-state index in [1.54, 1.807) is 18.7 Å². The Morgan fingerprint density at radius 1 is 1.23 bits per heavy atom. The summed E-state index contributed by atoms with van der Waals surface area (Å²) in [5, 5.41) is 12.8. The molecule has 1 aromatic carbocycles. The van der Waals surface area contributed by atoms with Crippen LogP contribution < -0.4 is 5.32 Å². The predicted molar refractivity (Wildman–Crippen MR) is 112 cm³/mol. The van der Waals surface area contributed by atoms with Crippen molar-refractivity contribution in [1.82, 2.24) is 10.2 Å². The van der Waals surface area contributed by atoms with Crippen LogP contribution in [0.3, 0.4) is 0 Å². The zero-order valence-electron chi connectivity index (χ0n) is 17.8. The molecule has 2 fully saturated rings. The zero-order valence-corrected chi connectivity index (χ0v) is 17.8. The minimum absolute atomic E-state index is 0.00629. The second kappa shape index (κ2) is 10.1. The number of carboxylic acid groups (broad SMARTS) is 1. The lowest BCUT2D eigenvalue weighted by Crippen LogP contribution is -2.55. The van der Waals surface area contributed by atoms with Crippen LogP contribution in [-0.2, 0) is 25.5 Å². The van der Waals surface area contributed by atoms with Gasteiger partial charge in [-0.3, -0.25) is 14.9 Å². The fraction of sp³-hybridized carbons (Fsp3) is 0.609. The van der Waals surface area contributed by atoms with Crippen LogP contribution in [0.5, 0.6) is 0 Å². The number of esters is 1. The number of carboxylic acids is 1. The monoisotopic (exact) mass is 416 g/mol. The summed E-state index contributed by atoms with van der Waals surface area (Å²) in [5.74, 6) is -1.31. The van der Waals surface area contributed by atoms with E-state index in [9.17, 15) is 19.5 Å². The van der Waals surface area contributed by atoms with Crippen molar-refractivity contribution in [3.05, 3.63) is 35.9 Å². The van der Waals surface area contributed by atoms with Gasteiger partial charge < -0.3 is 14.7 Å². The maximum Gasteiger partial charge on any atom is 0.326 e. The molecule has 0 aromatic heterocycles. The van der Waals surface area contributed by atoms with Gasteiger partial charge in [0, 0.05) is 6.04 Å². The van der Waals surface area contributed by atoms with Crippen molar-refractivity contribution in [2.75, 3.05) is 6.61 Å². The lowest BCUT2D eigenvalue weighted by atomic mass is 10.0. The highest BCUT2D eigenvalue weighted by atomic mass is 16.5. The maximum absolute atomic E-state index is 13.2. The fourth-order valence-corrected chi connectivity index (χ4v) is 4.89. The Morgan fingerprint density at radius 2 is 1.97 bits per heavy atom. The minimum atomic E-state index is -0.948. The number of rotatable bonds is 9. The molecule has 0 unspecified atom stereocenters. The van der Waals surface area contributed by atoms with Gasteiger partial charge in [-0.25, -0.2) is 4.79 Å². The molecule has 1 aliphatic carbocycles. The van der Waals surface area contributed by atoms with Crippen LogP contribution in [0, 0.1) is 5.92 Å². The number of carbonyl (C=O) groups excluding carboxylic acids is 2.